The summed E-state index contributed by atoms with van der Waals surface area (Å²) >= 11 is 1.32. The zero-order chi connectivity index (χ0) is 23.7. The van der Waals surface area contributed by atoms with Gasteiger partial charge in [0.2, 0.25) is 0 Å². The van der Waals surface area contributed by atoms with E-state index in [1.165, 1.54) is 11.3 Å². The molecule has 1 saturated carbocycles. The highest BCUT2D eigenvalue weighted by Gasteiger charge is 2.29. The van der Waals surface area contributed by atoms with Crippen LogP contribution in [-0.2, 0) is 11.3 Å². The number of benzene rings is 2. The first kappa shape index (κ1) is 22.1. The molecule has 9 heteroatoms. The van der Waals surface area contributed by atoms with Crippen LogP contribution in [0.4, 0.5) is 5.69 Å². The lowest BCUT2D eigenvalue weighted by Gasteiger charge is -2.29. The van der Waals surface area contributed by atoms with E-state index < -0.39 is 0 Å². The molecule has 1 aliphatic carbocycles. The number of ketones is 1. The zero-order valence-electron chi connectivity index (χ0n) is 18.6. The summed E-state index contributed by atoms with van der Waals surface area (Å²) in [5, 5.41) is 5.24. The normalized spacial score (nSPS) is 14.9. The Morgan fingerprint density at radius 2 is 2.09 bits per heavy atom. The van der Waals surface area contributed by atoms with Crippen molar-refractivity contribution < 1.29 is 23.9 Å². The smallest absolute Gasteiger partial charge is 0.270 e. The number of nitrogens with one attached hydrogen (secondary N) is 1. The molecule has 0 unspecified atom stereocenters. The minimum Gasteiger partial charge on any atom is -0.485 e. The fourth-order valence-corrected chi connectivity index (χ4v) is 4.36. The van der Waals surface area contributed by atoms with Crippen molar-refractivity contribution in [3.05, 3.63) is 69.7 Å². The van der Waals surface area contributed by atoms with E-state index in [1.807, 2.05) is 25.1 Å². The Kier molecular flexibility index (Phi) is 6.02. The van der Waals surface area contributed by atoms with E-state index in [9.17, 15) is 14.4 Å². The number of carbonyl (C=O) groups is 3. The third kappa shape index (κ3) is 4.94. The predicted octanol–water partition coefficient (Wildman–Crippen LogP) is 3.53. The number of ether oxygens (including phenoxy) is 2. The number of carbonyl (C=O) groups excluding carboxylic acids is 3. The van der Waals surface area contributed by atoms with Crippen molar-refractivity contribution >= 4 is 34.6 Å². The molecule has 0 bridgehead atoms. The van der Waals surface area contributed by atoms with Gasteiger partial charge in [0.1, 0.15) is 22.2 Å². The summed E-state index contributed by atoms with van der Waals surface area (Å²) in [6.07, 6.45) is 2.00. The van der Waals surface area contributed by atoms with Crippen molar-refractivity contribution in [3.8, 4) is 11.5 Å². The first-order valence-corrected chi connectivity index (χ1v) is 11.9. The third-order valence-corrected chi connectivity index (χ3v) is 6.41. The highest BCUT2D eigenvalue weighted by Crippen LogP contribution is 2.34. The summed E-state index contributed by atoms with van der Waals surface area (Å²) in [6, 6.07) is 12.7. The van der Waals surface area contributed by atoms with E-state index in [2.05, 4.69) is 10.3 Å². The molecule has 1 N–H and O–H groups in total. The van der Waals surface area contributed by atoms with Crippen LogP contribution in [0.3, 0.4) is 0 Å². The Morgan fingerprint density at radius 1 is 1.24 bits per heavy atom. The quantitative estimate of drug-likeness (QED) is 0.499. The van der Waals surface area contributed by atoms with Gasteiger partial charge in [-0.25, -0.2) is 4.98 Å². The van der Waals surface area contributed by atoms with Gasteiger partial charge in [0.05, 0.1) is 12.2 Å². The van der Waals surface area contributed by atoms with Crippen molar-refractivity contribution in [2.45, 2.75) is 32.4 Å². The second-order valence-corrected chi connectivity index (χ2v) is 9.30. The van der Waals surface area contributed by atoms with Gasteiger partial charge in [-0.3, -0.25) is 19.3 Å². The molecule has 2 amide bonds. The Hall–Kier alpha value is -3.72. The predicted molar refractivity (Wildman–Crippen MR) is 127 cm³/mol. The van der Waals surface area contributed by atoms with Gasteiger partial charge in [0, 0.05) is 17.0 Å². The van der Waals surface area contributed by atoms with Crippen LogP contribution in [0.2, 0.25) is 0 Å². The van der Waals surface area contributed by atoms with E-state index in [-0.39, 0.29) is 43.4 Å². The minimum absolute atomic E-state index is 0.100. The van der Waals surface area contributed by atoms with Gasteiger partial charge >= 0.3 is 0 Å². The Labute approximate surface area is 200 Å². The number of hydrogen-bond acceptors (Lipinski definition) is 7. The van der Waals surface area contributed by atoms with Crippen molar-refractivity contribution in [3.63, 3.8) is 0 Å². The van der Waals surface area contributed by atoms with Crippen LogP contribution in [0, 0.1) is 6.92 Å². The monoisotopic (exact) mass is 477 g/mol. The molecular weight excluding hydrogens is 454 g/mol. The second kappa shape index (κ2) is 9.26. The third-order valence-electron chi connectivity index (χ3n) is 5.57. The number of Topliss-reactive ketones (excluding diaryl/α,β-unsaturated/α-hetero) is 1. The summed E-state index contributed by atoms with van der Waals surface area (Å²) in [5.74, 6) is 0.485. The number of hydrogen-bond donors (Lipinski definition) is 1. The first-order valence-electron chi connectivity index (χ1n) is 11.0. The number of aryl methyl sites for hydroxylation is 1. The molecule has 0 radical (unpaired) electrons. The maximum absolute atomic E-state index is 12.8. The number of nitrogens with zero attached hydrogens (tertiary/aromatic N) is 2. The molecule has 34 heavy (non-hydrogen) atoms. The summed E-state index contributed by atoms with van der Waals surface area (Å²) in [5.41, 5.74) is 2.31. The SMILES string of the molecule is Cc1cccc(OCC(=O)c2ccc3c(c2)N(Cc2nc(C(=O)NC4CC4)cs2)C(=O)CO3)c1. The van der Waals surface area contributed by atoms with Crippen molar-refractivity contribution in [1.29, 1.82) is 0 Å². The standard InChI is InChI=1S/C25H23N3O5S/c1-15-3-2-4-18(9-15)32-12-21(29)16-5-8-22-20(10-16)28(24(30)13-33-22)11-23-27-19(14-34-23)25(31)26-17-6-7-17/h2-5,8-10,14,17H,6-7,11-13H2,1H3,(H,26,31). The van der Waals surface area contributed by atoms with E-state index in [1.54, 1.807) is 34.5 Å². The average molecular weight is 478 g/mol. The summed E-state index contributed by atoms with van der Waals surface area (Å²) in [4.78, 5) is 43.6. The van der Waals surface area contributed by atoms with Crippen LogP contribution < -0.4 is 19.7 Å². The molecule has 2 heterocycles. The number of rotatable bonds is 8. The van der Waals surface area contributed by atoms with Gasteiger partial charge in [-0.05, 0) is 55.7 Å². The second-order valence-electron chi connectivity index (χ2n) is 8.35. The largest absolute Gasteiger partial charge is 0.485 e. The van der Waals surface area contributed by atoms with Crippen LogP contribution in [0.15, 0.2) is 47.8 Å². The Bertz CT molecular complexity index is 1270. The van der Waals surface area contributed by atoms with E-state index in [0.29, 0.717) is 33.5 Å². The molecule has 2 aromatic carbocycles. The van der Waals surface area contributed by atoms with Crippen LogP contribution in [0.5, 0.6) is 11.5 Å². The topological polar surface area (TPSA) is 97.8 Å². The molecule has 0 saturated heterocycles. The van der Waals surface area contributed by atoms with E-state index >= 15 is 0 Å². The van der Waals surface area contributed by atoms with Gasteiger partial charge in [-0.1, -0.05) is 12.1 Å². The molecule has 1 aromatic heterocycles. The van der Waals surface area contributed by atoms with Crippen molar-refractivity contribution in [2.24, 2.45) is 0 Å². The van der Waals surface area contributed by atoms with Crippen LogP contribution in [-0.4, -0.2) is 41.8 Å². The maximum Gasteiger partial charge on any atom is 0.270 e. The number of anilines is 1. The molecular formula is C25H23N3O5S. The summed E-state index contributed by atoms with van der Waals surface area (Å²) in [7, 11) is 0. The lowest BCUT2D eigenvalue weighted by molar-refractivity contribution is -0.121. The molecule has 3 aromatic rings. The molecule has 174 valence electrons. The lowest BCUT2D eigenvalue weighted by atomic mass is 10.1. The molecule has 1 fully saturated rings. The Balaban J connectivity index is 1.31. The number of thiazole rings is 1. The van der Waals surface area contributed by atoms with Crippen LogP contribution in [0.1, 0.15) is 44.3 Å². The molecule has 5 rings (SSSR count). The van der Waals surface area contributed by atoms with E-state index in [0.717, 1.165) is 18.4 Å². The summed E-state index contributed by atoms with van der Waals surface area (Å²) < 4.78 is 11.2. The minimum atomic E-state index is -0.243. The maximum atomic E-state index is 12.8. The highest BCUT2D eigenvalue weighted by molar-refractivity contribution is 7.09. The highest BCUT2D eigenvalue weighted by atomic mass is 32.1. The van der Waals surface area contributed by atoms with Gasteiger partial charge in [-0.15, -0.1) is 11.3 Å². The van der Waals surface area contributed by atoms with Gasteiger partial charge in [0.15, 0.2) is 19.0 Å². The number of fused-ring (bicyclic) bond motifs is 1. The fraction of sp³-hybridized carbons (Fsp3) is 0.280. The van der Waals surface area contributed by atoms with E-state index in [4.69, 9.17) is 9.47 Å². The first-order chi connectivity index (χ1) is 16.5. The van der Waals surface area contributed by atoms with Gasteiger partial charge in [0.25, 0.3) is 11.8 Å². The van der Waals surface area contributed by atoms with Gasteiger partial charge < -0.3 is 14.8 Å². The number of aromatic nitrogens is 1. The van der Waals surface area contributed by atoms with Crippen LogP contribution >= 0.6 is 11.3 Å². The molecule has 0 atom stereocenters. The lowest BCUT2D eigenvalue weighted by Crippen LogP contribution is -2.38. The van der Waals surface area contributed by atoms with Crippen molar-refractivity contribution in [1.82, 2.24) is 10.3 Å². The van der Waals surface area contributed by atoms with Gasteiger partial charge in [-0.2, -0.15) is 0 Å². The molecule has 1 aliphatic heterocycles. The Morgan fingerprint density at radius 3 is 2.88 bits per heavy atom. The molecule has 8 nitrogen and oxygen atoms in total. The fourth-order valence-electron chi connectivity index (χ4n) is 3.60. The zero-order valence-corrected chi connectivity index (χ0v) is 19.4. The van der Waals surface area contributed by atoms with Crippen LogP contribution in [0.25, 0.3) is 0 Å². The van der Waals surface area contributed by atoms with Crippen molar-refractivity contribution in [2.75, 3.05) is 18.1 Å². The average Bonchev–Trinajstić information content (AvgIpc) is 3.52. The number of amides is 2. The molecule has 0 spiro atoms. The molecule has 2 aliphatic rings. The summed E-state index contributed by atoms with van der Waals surface area (Å²) in [6.45, 7) is 1.92.